The first-order chi connectivity index (χ1) is 16.9. The van der Waals surface area contributed by atoms with Gasteiger partial charge in [-0.3, -0.25) is 19.4 Å². The van der Waals surface area contributed by atoms with E-state index in [4.69, 9.17) is 0 Å². The zero-order valence-electron chi connectivity index (χ0n) is 19.7. The molecule has 186 valence electrons. The fourth-order valence-electron chi connectivity index (χ4n) is 4.05. The second-order valence-corrected chi connectivity index (χ2v) is 8.67. The molecule has 3 amide bonds. The summed E-state index contributed by atoms with van der Waals surface area (Å²) in [5, 5.41) is 24.9. The van der Waals surface area contributed by atoms with Gasteiger partial charge in [0.05, 0.1) is 18.6 Å². The number of nitrogens with one attached hydrogen (secondary N) is 2. The van der Waals surface area contributed by atoms with E-state index in [-0.39, 0.29) is 18.0 Å². The predicted octanol–water partition coefficient (Wildman–Crippen LogP) is 0.497. The summed E-state index contributed by atoms with van der Waals surface area (Å²) in [4.78, 5) is 48.1. The standard InChI is InChI=1S/C24H32BN5O5/c31-22(30-14-5-2-6-15-30)16-19(28-24(33)20-17-26-12-13-27-20)23(32)29-21(25(34)35)11-7-10-18-8-3-1-4-9-18/h1,3-4,8-9,12-13,17,19,21,34-35H,2,5-7,10-11,14-16H2,(H,28,33)(H,29,32). The van der Waals surface area contributed by atoms with Crippen LogP contribution < -0.4 is 10.6 Å². The average Bonchev–Trinajstić information content (AvgIpc) is 2.89. The van der Waals surface area contributed by atoms with Crippen LogP contribution >= 0.6 is 0 Å². The van der Waals surface area contributed by atoms with E-state index in [2.05, 4.69) is 20.6 Å². The molecule has 35 heavy (non-hydrogen) atoms. The SMILES string of the molecule is O=C(NC(CC(=O)N1CCCCC1)C(=O)NC(CCCc1ccccc1)B(O)O)c1cnccn1. The number of aromatic nitrogens is 2. The van der Waals surface area contributed by atoms with Gasteiger partial charge >= 0.3 is 7.12 Å². The minimum atomic E-state index is -1.79. The van der Waals surface area contributed by atoms with Crippen LogP contribution in [0.4, 0.5) is 0 Å². The van der Waals surface area contributed by atoms with Crippen molar-refractivity contribution in [1.29, 1.82) is 0 Å². The van der Waals surface area contributed by atoms with Gasteiger partial charge in [-0.25, -0.2) is 4.98 Å². The number of amides is 3. The highest BCUT2D eigenvalue weighted by Crippen LogP contribution is 2.12. The fourth-order valence-corrected chi connectivity index (χ4v) is 4.05. The Morgan fingerprint density at radius 2 is 1.77 bits per heavy atom. The average molecular weight is 481 g/mol. The van der Waals surface area contributed by atoms with Crippen molar-refractivity contribution in [3.8, 4) is 0 Å². The Bertz CT molecular complexity index is 957. The normalized spacial score (nSPS) is 15.1. The summed E-state index contributed by atoms with van der Waals surface area (Å²) in [6.07, 6.45) is 8.27. The number of aryl methyl sites for hydroxylation is 1. The van der Waals surface area contributed by atoms with Crippen LogP contribution in [0.1, 0.15) is 54.6 Å². The molecule has 0 aliphatic carbocycles. The molecule has 1 fully saturated rings. The molecule has 0 radical (unpaired) electrons. The monoisotopic (exact) mass is 481 g/mol. The number of hydrogen-bond acceptors (Lipinski definition) is 7. The highest BCUT2D eigenvalue weighted by molar-refractivity contribution is 6.43. The van der Waals surface area contributed by atoms with Gasteiger partial charge in [-0.1, -0.05) is 30.3 Å². The summed E-state index contributed by atoms with van der Waals surface area (Å²) in [6.45, 7) is 1.23. The van der Waals surface area contributed by atoms with Crippen LogP contribution in [0.15, 0.2) is 48.9 Å². The molecule has 2 heterocycles. The lowest BCUT2D eigenvalue weighted by Crippen LogP contribution is -2.55. The second-order valence-electron chi connectivity index (χ2n) is 8.67. The molecule has 1 aromatic carbocycles. The van der Waals surface area contributed by atoms with Crippen LogP contribution in [0.5, 0.6) is 0 Å². The van der Waals surface area contributed by atoms with Crippen LogP contribution in [0.3, 0.4) is 0 Å². The molecular weight excluding hydrogens is 449 g/mol. The van der Waals surface area contributed by atoms with E-state index in [0.717, 1.165) is 24.8 Å². The molecule has 2 atom stereocenters. The highest BCUT2D eigenvalue weighted by atomic mass is 16.4. The van der Waals surface area contributed by atoms with E-state index < -0.39 is 30.9 Å². The van der Waals surface area contributed by atoms with E-state index >= 15 is 0 Å². The first kappa shape index (κ1) is 26.3. The molecule has 11 heteroatoms. The van der Waals surface area contributed by atoms with Crippen molar-refractivity contribution in [3.05, 3.63) is 60.2 Å². The van der Waals surface area contributed by atoms with Gasteiger partial charge in [0.15, 0.2) is 0 Å². The van der Waals surface area contributed by atoms with Gasteiger partial charge in [0, 0.05) is 25.5 Å². The van der Waals surface area contributed by atoms with Crippen molar-refractivity contribution in [3.63, 3.8) is 0 Å². The van der Waals surface area contributed by atoms with Crippen molar-refractivity contribution < 1.29 is 24.4 Å². The van der Waals surface area contributed by atoms with Gasteiger partial charge in [-0.2, -0.15) is 0 Å². The van der Waals surface area contributed by atoms with E-state index in [9.17, 15) is 24.4 Å². The van der Waals surface area contributed by atoms with Gasteiger partial charge < -0.3 is 25.6 Å². The third kappa shape index (κ3) is 8.45. The molecule has 1 saturated heterocycles. The summed E-state index contributed by atoms with van der Waals surface area (Å²) in [5.41, 5.74) is 1.11. The quantitative estimate of drug-likeness (QED) is 0.342. The number of carbonyl (C=O) groups is 3. The number of benzene rings is 1. The molecule has 2 aromatic rings. The van der Waals surface area contributed by atoms with Crippen LogP contribution in [-0.4, -0.2) is 74.8 Å². The molecule has 0 spiro atoms. The predicted molar refractivity (Wildman–Crippen MR) is 130 cm³/mol. The van der Waals surface area contributed by atoms with Gasteiger partial charge in [-0.05, 0) is 44.1 Å². The maximum Gasteiger partial charge on any atom is 0.475 e. The first-order valence-electron chi connectivity index (χ1n) is 12.0. The Hall–Kier alpha value is -3.31. The molecular formula is C24H32BN5O5. The van der Waals surface area contributed by atoms with E-state index in [1.54, 1.807) is 4.90 Å². The highest BCUT2D eigenvalue weighted by Gasteiger charge is 2.32. The topological polar surface area (TPSA) is 145 Å². The minimum absolute atomic E-state index is 0.0114. The van der Waals surface area contributed by atoms with Crippen molar-refractivity contribution in [1.82, 2.24) is 25.5 Å². The number of rotatable bonds is 11. The van der Waals surface area contributed by atoms with Crippen molar-refractivity contribution in [2.75, 3.05) is 13.1 Å². The summed E-state index contributed by atoms with van der Waals surface area (Å²) in [6, 6.07) is 8.54. The van der Waals surface area contributed by atoms with E-state index in [1.807, 2.05) is 30.3 Å². The third-order valence-corrected chi connectivity index (χ3v) is 6.02. The largest absolute Gasteiger partial charge is 0.475 e. The minimum Gasteiger partial charge on any atom is -0.426 e. The first-order valence-corrected chi connectivity index (χ1v) is 12.0. The molecule has 1 aromatic heterocycles. The van der Waals surface area contributed by atoms with Crippen LogP contribution in [0, 0.1) is 0 Å². The number of piperidine rings is 1. The Kier molecular flexibility index (Phi) is 10.2. The number of likely N-dealkylation sites (tertiary alicyclic amines) is 1. The van der Waals surface area contributed by atoms with Crippen molar-refractivity contribution in [2.24, 2.45) is 0 Å². The number of hydrogen-bond donors (Lipinski definition) is 4. The van der Waals surface area contributed by atoms with Crippen molar-refractivity contribution >= 4 is 24.8 Å². The summed E-state index contributed by atoms with van der Waals surface area (Å²) < 4.78 is 0. The maximum absolute atomic E-state index is 13.1. The smallest absolute Gasteiger partial charge is 0.426 e. The maximum atomic E-state index is 13.1. The number of nitrogens with zero attached hydrogens (tertiary/aromatic N) is 3. The van der Waals surface area contributed by atoms with Crippen molar-refractivity contribution in [2.45, 2.75) is 56.9 Å². The zero-order valence-corrected chi connectivity index (χ0v) is 19.7. The summed E-state index contributed by atoms with van der Waals surface area (Å²) in [5.74, 6) is -2.50. The van der Waals surface area contributed by atoms with E-state index in [1.165, 1.54) is 18.6 Å². The van der Waals surface area contributed by atoms with Gasteiger partial charge in [0.25, 0.3) is 5.91 Å². The molecule has 10 nitrogen and oxygen atoms in total. The molecule has 1 aliphatic rings. The Balaban J connectivity index is 1.65. The molecule has 4 N–H and O–H groups in total. The molecule has 1 aliphatic heterocycles. The number of carbonyl (C=O) groups excluding carboxylic acids is 3. The molecule has 0 saturated carbocycles. The summed E-state index contributed by atoms with van der Waals surface area (Å²) in [7, 11) is -1.79. The Morgan fingerprint density at radius 3 is 2.43 bits per heavy atom. The van der Waals surface area contributed by atoms with Crippen LogP contribution in [0.25, 0.3) is 0 Å². The van der Waals surface area contributed by atoms with Gasteiger partial charge in [-0.15, -0.1) is 0 Å². The van der Waals surface area contributed by atoms with E-state index in [0.29, 0.717) is 32.4 Å². The molecule has 0 bridgehead atoms. The lowest BCUT2D eigenvalue weighted by molar-refractivity contribution is -0.135. The Morgan fingerprint density at radius 1 is 1.03 bits per heavy atom. The lowest BCUT2D eigenvalue weighted by Gasteiger charge is -2.29. The molecule has 2 unspecified atom stereocenters. The molecule has 3 rings (SSSR count). The lowest BCUT2D eigenvalue weighted by atomic mass is 9.76. The Labute approximate surface area is 205 Å². The van der Waals surface area contributed by atoms with Crippen LogP contribution in [-0.2, 0) is 16.0 Å². The van der Waals surface area contributed by atoms with Gasteiger partial charge in [0.1, 0.15) is 11.7 Å². The second kappa shape index (κ2) is 13.5. The zero-order chi connectivity index (χ0) is 25.0. The van der Waals surface area contributed by atoms with Crippen LogP contribution in [0.2, 0.25) is 0 Å². The third-order valence-electron chi connectivity index (χ3n) is 6.02. The summed E-state index contributed by atoms with van der Waals surface area (Å²) >= 11 is 0. The van der Waals surface area contributed by atoms with Gasteiger partial charge in [0.2, 0.25) is 11.8 Å². The fraction of sp³-hybridized carbons (Fsp3) is 0.458.